The lowest BCUT2D eigenvalue weighted by molar-refractivity contribution is -0.870. The Labute approximate surface area is 245 Å². The molecule has 0 fully saturated rings. The number of carbonyl (C=O) groups excluding carboxylic acids is 1. The number of nitrogens with zero attached hydrogens (tertiary/aromatic N) is 1. The van der Waals surface area contributed by atoms with Gasteiger partial charge < -0.3 is 28.8 Å². The van der Waals surface area contributed by atoms with Crippen molar-refractivity contribution in [3.05, 3.63) is 24.3 Å². The molecule has 0 heterocycles. The quantitative estimate of drug-likeness (QED) is 0.0495. The summed E-state index contributed by atoms with van der Waals surface area (Å²) >= 11 is 0. The lowest BCUT2D eigenvalue weighted by Gasteiger charge is -2.29. The molecule has 0 aliphatic heterocycles. The van der Waals surface area contributed by atoms with Gasteiger partial charge in [0.2, 0.25) is 5.91 Å². The summed E-state index contributed by atoms with van der Waals surface area (Å²) in [5.41, 5.74) is 0. The van der Waals surface area contributed by atoms with E-state index in [-0.39, 0.29) is 12.5 Å². The topological polar surface area (TPSA) is 108 Å². The monoisotopic (exact) mass is 588 g/mol. The Morgan fingerprint density at radius 2 is 1.40 bits per heavy atom. The van der Waals surface area contributed by atoms with Crippen molar-refractivity contribution in [2.24, 2.45) is 0 Å². The van der Waals surface area contributed by atoms with Gasteiger partial charge in [0.1, 0.15) is 13.2 Å². The van der Waals surface area contributed by atoms with Crippen LogP contribution < -0.4 is 10.2 Å². The van der Waals surface area contributed by atoms with Crippen molar-refractivity contribution in [1.82, 2.24) is 5.32 Å². The van der Waals surface area contributed by atoms with E-state index < -0.39 is 26.6 Å². The van der Waals surface area contributed by atoms with Gasteiger partial charge in [0.25, 0.3) is 7.82 Å². The van der Waals surface area contributed by atoms with Gasteiger partial charge in [0, 0.05) is 6.42 Å². The Hall–Kier alpha value is -1.02. The fraction of sp³-hybridized carbons (Fsp3) is 0.839. The summed E-state index contributed by atoms with van der Waals surface area (Å²) in [5.74, 6) is -0.217. The average molecular weight is 589 g/mol. The van der Waals surface area contributed by atoms with E-state index in [2.05, 4.69) is 31.3 Å². The second-order valence-corrected chi connectivity index (χ2v) is 13.2. The number of amides is 1. The van der Waals surface area contributed by atoms with Crippen LogP contribution in [-0.2, 0) is 18.4 Å². The normalized spacial score (nSPS) is 15.5. The Kier molecular flexibility index (Phi) is 23.9. The minimum Gasteiger partial charge on any atom is -0.756 e. The van der Waals surface area contributed by atoms with E-state index in [1.54, 1.807) is 6.08 Å². The molecule has 0 saturated heterocycles. The van der Waals surface area contributed by atoms with Crippen molar-refractivity contribution in [2.75, 3.05) is 40.9 Å². The minimum atomic E-state index is -4.57. The second-order valence-electron chi connectivity index (χ2n) is 11.8. The highest BCUT2D eigenvalue weighted by Gasteiger charge is 2.23. The van der Waals surface area contributed by atoms with Crippen LogP contribution in [0.5, 0.6) is 0 Å². The number of nitrogens with one attached hydrogen (secondary N) is 1. The summed E-state index contributed by atoms with van der Waals surface area (Å²) in [7, 11) is 1.24. The number of aliphatic hydroxyl groups is 1. The van der Waals surface area contributed by atoms with Gasteiger partial charge in [-0.05, 0) is 32.1 Å². The third-order valence-electron chi connectivity index (χ3n) is 6.66. The maximum absolute atomic E-state index is 12.6. The Morgan fingerprint density at radius 3 is 2.02 bits per heavy atom. The van der Waals surface area contributed by atoms with Gasteiger partial charge >= 0.3 is 0 Å². The molecule has 0 aliphatic rings. The van der Waals surface area contributed by atoms with Gasteiger partial charge in [-0.2, -0.15) is 0 Å². The maximum atomic E-state index is 12.6. The lowest BCUT2D eigenvalue weighted by atomic mass is 10.1. The number of allylic oxidation sites excluding steroid dienone is 3. The number of phosphoric ester groups is 1. The van der Waals surface area contributed by atoms with E-state index in [1.165, 1.54) is 57.8 Å². The number of hydrogen-bond donors (Lipinski definition) is 2. The summed E-state index contributed by atoms with van der Waals surface area (Å²) in [5, 5.41) is 13.5. The number of rotatable bonds is 27. The molecule has 3 unspecified atom stereocenters. The molecule has 9 heteroatoms. The predicted molar refractivity (Wildman–Crippen MR) is 164 cm³/mol. The Bertz CT molecular complexity index is 723. The third kappa shape index (κ3) is 25.9. The van der Waals surface area contributed by atoms with Crippen LogP contribution >= 0.6 is 7.82 Å². The van der Waals surface area contributed by atoms with Crippen LogP contribution in [0.25, 0.3) is 0 Å². The molecule has 0 bridgehead atoms. The summed E-state index contributed by atoms with van der Waals surface area (Å²) in [6.07, 6.45) is 23.8. The van der Waals surface area contributed by atoms with E-state index in [1.807, 2.05) is 27.2 Å². The number of likely N-dealkylation sites (N-methyl/N-ethyl adjacent to an activating group) is 1. The smallest absolute Gasteiger partial charge is 0.268 e. The number of unbranched alkanes of at least 4 members (excludes halogenated alkanes) is 12. The molecule has 0 aromatic carbocycles. The summed E-state index contributed by atoms with van der Waals surface area (Å²) in [4.78, 5) is 24.9. The lowest BCUT2D eigenvalue weighted by Crippen LogP contribution is -2.45. The summed E-state index contributed by atoms with van der Waals surface area (Å²) in [6.45, 7) is 4.50. The zero-order valence-corrected chi connectivity index (χ0v) is 27.2. The fourth-order valence-corrected chi connectivity index (χ4v) is 4.77. The van der Waals surface area contributed by atoms with Crippen molar-refractivity contribution < 1.29 is 32.9 Å². The minimum absolute atomic E-state index is 0.00563. The molecule has 0 aromatic heterocycles. The van der Waals surface area contributed by atoms with Crippen LogP contribution in [0.1, 0.15) is 117 Å². The van der Waals surface area contributed by atoms with Crippen LogP contribution in [0, 0.1) is 0 Å². The largest absolute Gasteiger partial charge is 0.756 e. The Morgan fingerprint density at radius 1 is 0.850 bits per heavy atom. The summed E-state index contributed by atoms with van der Waals surface area (Å²) in [6, 6.07) is -0.892. The fourth-order valence-electron chi connectivity index (χ4n) is 4.05. The zero-order chi connectivity index (χ0) is 30.1. The van der Waals surface area contributed by atoms with Crippen molar-refractivity contribution in [2.45, 2.75) is 129 Å². The van der Waals surface area contributed by atoms with Crippen LogP contribution in [0.3, 0.4) is 0 Å². The van der Waals surface area contributed by atoms with Gasteiger partial charge in [-0.25, -0.2) is 0 Å². The SMILES string of the molecule is CCCCC/C=C/CC/C=C/C(O)C(COP(=O)([O-])OCC[N+](C)(C)C)NC(=O)CCCCCCCCCCC. The molecule has 236 valence electrons. The number of aliphatic hydroxyl groups excluding tert-OH is 1. The van der Waals surface area contributed by atoms with E-state index in [0.29, 0.717) is 17.4 Å². The average Bonchev–Trinajstić information content (AvgIpc) is 2.88. The molecule has 0 radical (unpaired) electrons. The highest BCUT2D eigenvalue weighted by Crippen LogP contribution is 2.38. The molecule has 0 saturated carbocycles. The predicted octanol–water partition coefficient (Wildman–Crippen LogP) is 6.43. The van der Waals surface area contributed by atoms with Crippen molar-refractivity contribution >= 4 is 13.7 Å². The van der Waals surface area contributed by atoms with E-state index in [0.717, 1.165) is 38.5 Å². The first-order valence-electron chi connectivity index (χ1n) is 15.7. The van der Waals surface area contributed by atoms with Crippen LogP contribution in [0.2, 0.25) is 0 Å². The van der Waals surface area contributed by atoms with Gasteiger partial charge in [0.05, 0.1) is 39.9 Å². The number of hydrogen-bond acceptors (Lipinski definition) is 6. The second kappa shape index (κ2) is 24.6. The van der Waals surface area contributed by atoms with Crippen LogP contribution in [0.15, 0.2) is 24.3 Å². The molecule has 0 aliphatic carbocycles. The first-order chi connectivity index (χ1) is 19.0. The molecular weight excluding hydrogens is 527 g/mol. The summed E-state index contributed by atoms with van der Waals surface area (Å²) < 4.78 is 22.9. The number of quaternary nitrogens is 1. The van der Waals surface area contributed by atoms with E-state index in [4.69, 9.17) is 9.05 Å². The van der Waals surface area contributed by atoms with Gasteiger partial charge in [-0.1, -0.05) is 102 Å². The van der Waals surface area contributed by atoms with E-state index >= 15 is 0 Å². The molecule has 8 nitrogen and oxygen atoms in total. The first-order valence-corrected chi connectivity index (χ1v) is 17.2. The van der Waals surface area contributed by atoms with Crippen molar-refractivity contribution in [1.29, 1.82) is 0 Å². The van der Waals surface area contributed by atoms with Crippen molar-refractivity contribution in [3.63, 3.8) is 0 Å². The van der Waals surface area contributed by atoms with Gasteiger partial charge in [-0.15, -0.1) is 0 Å². The molecule has 0 aromatic rings. The maximum Gasteiger partial charge on any atom is 0.268 e. The van der Waals surface area contributed by atoms with Gasteiger partial charge in [-0.3, -0.25) is 9.36 Å². The van der Waals surface area contributed by atoms with Crippen molar-refractivity contribution in [3.8, 4) is 0 Å². The Balaban J connectivity index is 4.73. The van der Waals surface area contributed by atoms with Crippen LogP contribution in [0.4, 0.5) is 0 Å². The standard InChI is InChI=1S/C31H61N2O6P/c1-6-8-10-12-14-16-18-20-22-24-30(34)29(28-39-40(36,37)38-27-26-33(3,4)5)32-31(35)25-23-21-19-17-15-13-11-9-7-2/h14,16,22,24,29-30,34H,6-13,15,17-21,23,25-28H2,1-5H3,(H-,32,35,36,37)/b16-14+,24-22+. The number of phosphoric acid groups is 1. The number of carbonyl (C=O) groups is 1. The zero-order valence-electron chi connectivity index (χ0n) is 26.3. The molecule has 2 N–H and O–H groups in total. The highest BCUT2D eigenvalue weighted by atomic mass is 31.2. The first kappa shape index (κ1) is 39.0. The molecular formula is C31H61N2O6P. The molecule has 1 amide bonds. The molecule has 3 atom stereocenters. The third-order valence-corrected chi connectivity index (χ3v) is 7.63. The molecule has 40 heavy (non-hydrogen) atoms. The highest BCUT2D eigenvalue weighted by molar-refractivity contribution is 7.45. The molecule has 0 spiro atoms. The molecule has 0 rings (SSSR count). The van der Waals surface area contributed by atoms with Gasteiger partial charge in [0.15, 0.2) is 0 Å². The van der Waals surface area contributed by atoms with E-state index in [9.17, 15) is 19.4 Å². The van der Waals surface area contributed by atoms with Crippen LogP contribution in [-0.4, -0.2) is 68.5 Å².